The van der Waals surface area contributed by atoms with E-state index < -0.39 is 10.1 Å². The number of rotatable bonds is 4. The van der Waals surface area contributed by atoms with Crippen LogP contribution in [0.4, 0.5) is 0 Å². The molecular formula is C3H9NaO3S3. The van der Waals surface area contributed by atoms with Crippen LogP contribution in [-0.2, 0) is 10.1 Å². The normalized spacial score (nSPS) is 10.6. The molecule has 0 amide bonds. The average Bonchev–Trinajstić information content (AvgIpc) is 1.63. The van der Waals surface area contributed by atoms with E-state index in [9.17, 15) is 8.42 Å². The van der Waals surface area contributed by atoms with E-state index in [1.54, 1.807) is 0 Å². The molecule has 0 aromatic carbocycles. The molecule has 0 aliphatic rings. The Morgan fingerprint density at radius 1 is 1.50 bits per heavy atom. The molecule has 10 heavy (non-hydrogen) atoms. The van der Waals surface area contributed by atoms with Crippen molar-refractivity contribution in [3.8, 4) is 0 Å². The Kier molecular flexibility index (Phi) is 10.3. The molecule has 0 saturated heterocycles. The van der Waals surface area contributed by atoms with Crippen molar-refractivity contribution in [1.29, 1.82) is 0 Å². The fourth-order valence-corrected chi connectivity index (χ4v) is 1.66. The zero-order chi connectivity index (χ0) is 7.33. The molecule has 58 valence electrons. The van der Waals surface area contributed by atoms with Gasteiger partial charge in [-0.1, -0.05) is 10.8 Å². The Hall–Kier alpha value is 1.61. The molecule has 1 N–H and O–H groups in total. The van der Waals surface area contributed by atoms with Crippen LogP contribution in [0.25, 0.3) is 0 Å². The van der Waals surface area contributed by atoms with Crippen LogP contribution in [0, 0.1) is 0 Å². The summed E-state index contributed by atoms with van der Waals surface area (Å²) in [5.41, 5.74) is 0. The standard InChI is InChI=1S/C3H8O3S3.Na.H/c4-9(5,6)3-1-2-8-7;;/h7H,1-3H2,(H,4,5,6);;. The van der Waals surface area contributed by atoms with Crippen LogP contribution in [0.2, 0.25) is 0 Å². The zero-order valence-electron chi connectivity index (χ0n) is 4.65. The molecule has 0 aromatic heterocycles. The summed E-state index contributed by atoms with van der Waals surface area (Å²) < 4.78 is 28.2. The van der Waals surface area contributed by atoms with Gasteiger partial charge in [0.1, 0.15) is 0 Å². The summed E-state index contributed by atoms with van der Waals surface area (Å²) in [6, 6.07) is 0. The summed E-state index contributed by atoms with van der Waals surface area (Å²) in [5, 5.41) is 0. The Morgan fingerprint density at radius 2 is 2.00 bits per heavy atom. The van der Waals surface area contributed by atoms with Crippen LogP contribution in [-0.4, -0.2) is 54.0 Å². The van der Waals surface area contributed by atoms with Crippen molar-refractivity contribution in [2.24, 2.45) is 0 Å². The maximum atomic E-state index is 10.0. The number of hydrogen-bond acceptors (Lipinski definition) is 4. The van der Waals surface area contributed by atoms with E-state index in [-0.39, 0.29) is 35.3 Å². The van der Waals surface area contributed by atoms with E-state index in [4.69, 9.17) is 4.55 Å². The van der Waals surface area contributed by atoms with E-state index in [0.29, 0.717) is 12.2 Å². The van der Waals surface area contributed by atoms with Gasteiger partial charge in [-0.05, 0) is 6.42 Å². The van der Waals surface area contributed by atoms with Crippen LogP contribution >= 0.6 is 22.5 Å². The molecule has 0 radical (unpaired) electrons. The second-order valence-electron chi connectivity index (χ2n) is 1.47. The van der Waals surface area contributed by atoms with Crippen molar-refractivity contribution in [1.82, 2.24) is 0 Å². The second kappa shape index (κ2) is 7.27. The molecule has 0 aliphatic heterocycles. The Labute approximate surface area is 92.2 Å². The number of thiol groups is 1. The van der Waals surface area contributed by atoms with E-state index >= 15 is 0 Å². The molecule has 0 spiro atoms. The van der Waals surface area contributed by atoms with Gasteiger partial charge in [-0.3, -0.25) is 4.55 Å². The molecule has 0 fully saturated rings. The first kappa shape index (κ1) is 14.2. The topological polar surface area (TPSA) is 54.4 Å². The van der Waals surface area contributed by atoms with Crippen LogP contribution in [0.3, 0.4) is 0 Å². The summed E-state index contributed by atoms with van der Waals surface area (Å²) in [6.07, 6.45) is 0.451. The van der Waals surface area contributed by atoms with Crippen molar-refractivity contribution in [2.45, 2.75) is 6.42 Å². The summed E-state index contributed by atoms with van der Waals surface area (Å²) >= 11 is 3.79. The molecule has 0 atom stereocenters. The second-order valence-corrected chi connectivity index (χ2v) is 4.49. The van der Waals surface area contributed by atoms with Crippen molar-refractivity contribution in [2.75, 3.05) is 11.5 Å². The molecule has 0 rings (SSSR count). The van der Waals surface area contributed by atoms with Gasteiger partial charge in [0, 0.05) is 5.75 Å². The van der Waals surface area contributed by atoms with E-state index in [0.717, 1.165) is 0 Å². The van der Waals surface area contributed by atoms with Crippen LogP contribution in [0.15, 0.2) is 0 Å². The predicted molar refractivity (Wildman–Crippen MR) is 49.6 cm³/mol. The molecule has 0 aromatic rings. The van der Waals surface area contributed by atoms with Crippen LogP contribution < -0.4 is 0 Å². The van der Waals surface area contributed by atoms with Gasteiger partial charge < -0.3 is 0 Å². The Morgan fingerprint density at radius 3 is 2.30 bits per heavy atom. The van der Waals surface area contributed by atoms with E-state index in [1.165, 1.54) is 10.8 Å². The van der Waals surface area contributed by atoms with Crippen molar-refractivity contribution in [3.63, 3.8) is 0 Å². The van der Waals surface area contributed by atoms with E-state index in [1.807, 2.05) is 0 Å². The summed E-state index contributed by atoms with van der Waals surface area (Å²) in [4.78, 5) is 0. The summed E-state index contributed by atoms with van der Waals surface area (Å²) in [7, 11) is -2.48. The Balaban J connectivity index is 0. The average molecular weight is 212 g/mol. The van der Waals surface area contributed by atoms with Gasteiger partial charge in [0.25, 0.3) is 10.1 Å². The molecule has 0 saturated carbocycles. The van der Waals surface area contributed by atoms with Gasteiger partial charge >= 0.3 is 29.6 Å². The van der Waals surface area contributed by atoms with Gasteiger partial charge in [-0.2, -0.15) is 8.42 Å². The van der Waals surface area contributed by atoms with Crippen LogP contribution in [0.5, 0.6) is 0 Å². The summed E-state index contributed by atoms with van der Waals surface area (Å²) in [6.45, 7) is 0. The minimum absolute atomic E-state index is 0. The Bertz CT molecular complexity index is 154. The van der Waals surface area contributed by atoms with Gasteiger partial charge in [0.2, 0.25) is 0 Å². The van der Waals surface area contributed by atoms with Gasteiger partial charge in [0.05, 0.1) is 5.75 Å². The molecule has 3 nitrogen and oxygen atoms in total. The van der Waals surface area contributed by atoms with Crippen molar-refractivity contribution >= 4 is 62.1 Å². The molecule has 0 heterocycles. The van der Waals surface area contributed by atoms with Gasteiger partial charge in [0.15, 0.2) is 0 Å². The van der Waals surface area contributed by atoms with Gasteiger partial charge in [-0.25, -0.2) is 0 Å². The third-order valence-corrected chi connectivity index (χ3v) is 2.46. The quantitative estimate of drug-likeness (QED) is 0.230. The van der Waals surface area contributed by atoms with Crippen molar-refractivity contribution in [3.05, 3.63) is 0 Å². The molecule has 0 aliphatic carbocycles. The van der Waals surface area contributed by atoms with E-state index in [2.05, 4.69) is 11.7 Å². The summed E-state index contributed by atoms with van der Waals surface area (Å²) in [5.74, 6) is 0.476. The predicted octanol–water partition coefficient (Wildman–Crippen LogP) is 0.194. The fourth-order valence-electron chi connectivity index (χ4n) is 0.306. The fraction of sp³-hybridized carbons (Fsp3) is 1.00. The molecule has 7 heteroatoms. The number of hydrogen-bond donors (Lipinski definition) is 2. The maximum absolute atomic E-state index is 10.0. The molecular weight excluding hydrogens is 203 g/mol. The van der Waals surface area contributed by atoms with Crippen molar-refractivity contribution < 1.29 is 13.0 Å². The molecule has 0 unspecified atom stereocenters. The first-order chi connectivity index (χ1) is 4.06. The van der Waals surface area contributed by atoms with Gasteiger partial charge in [-0.15, -0.1) is 11.7 Å². The first-order valence-corrected chi connectivity index (χ1v) is 5.92. The third kappa shape index (κ3) is 12.3. The monoisotopic (exact) mass is 212 g/mol. The van der Waals surface area contributed by atoms with Crippen LogP contribution in [0.1, 0.15) is 6.42 Å². The first-order valence-electron chi connectivity index (χ1n) is 2.28. The molecule has 0 bridgehead atoms. The SMILES string of the molecule is O=S(=O)(O)CCCSS.[NaH]. The third-order valence-electron chi connectivity index (χ3n) is 0.638. The minimum atomic E-state index is -3.74. The zero-order valence-corrected chi connectivity index (χ0v) is 7.18.